The summed E-state index contributed by atoms with van der Waals surface area (Å²) in [6.07, 6.45) is 8.43. The lowest BCUT2D eigenvalue weighted by atomic mass is 9.99. The van der Waals surface area contributed by atoms with Crippen LogP contribution in [0.2, 0.25) is 0 Å². The maximum Gasteiger partial charge on any atom is 0.0252 e. The van der Waals surface area contributed by atoms with Crippen molar-refractivity contribution in [2.45, 2.75) is 45.2 Å². The largest absolute Gasteiger partial charge is 0.308 e. The van der Waals surface area contributed by atoms with E-state index in [1.54, 1.807) is 0 Å². The molecule has 58 valence electrons. The van der Waals surface area contributed by atoms with Crippen LogP contribution in [0.4, 0.5) is 0 Å². The Labute approximate surface area is 63.5 Å². The number of hydrogen-bond donors (Lipinski definition) is 1. The fourth-order valence-electron chi connectivity index (χ4n) is 1.56. The van der Waals surface area contributed by atoms with E-state index in [-0.39, 0.29) is 0 Å². The van der Waals surface area contributed by atoms with Crippen molar-refractivity contribution in [2.75, 3.05) is 0 Å². The first kappa shape index (κ1) is 7.80. The van der Waals surface area contributed by atoms with E-state index >= 15 is 0 Å². The van der Waals surface area contributed by atoms with E-state index in [1.807, 2.05) is 0 Å². The number of hydrogen-bond acceptors (Lipinski definition) is 1. The van der Waals surface area contributed by atoms with Gasteiger partial charge < -0.3 is 5.32 Å². The molecule has 0 unspecified atom stereocenters. The summed E-state index contributed by atoms with van der Waals surface area (Å²) in [6, 6.07) is 1.36. The first-order chi connectivity index (χ1) is 4.83. The highest BCUT2D eigenvalue weighted by molar-refractivity contribution is 4.94. The fourth-order valence-corrected chi connectivity index (χ4v) is 1.56. The summed E-state index contributed by atoms with van der Waals surface area (Å²) in [4.78, 5) is 0. The van der Waals surface area contributed by atoms with Crippen LogP contribution in [-0.4, -0.2) is 12.1 Å². The van der Waals surface area contributed by atoms with Gasteiger partial charge >= 0.3 is 0 Å². The van der Waals surface area contributed by atoms with Crippen LogP contribution in [0, 0.1) is 0 Å². The highest BCUT2D eigenvalue weighted by atomic mass is 14.9. The molecule has 1 rings (SSSR count). The minimum Gasteiger partial charge on any atom is -0.308 e. The lowest BCUT2D eigenvalue weighted by molar-refractivity contribution is 0.374. The molecule has 1 nitrogen and oxygen atoms in total. The third kappa shape index (κ3) is 2.14. The van der Waals surface area contributed by atoms with Crippen molar-refractivity contribution < 1.29 is 0 Å². The van der Waals surface area contributed by atoms with Crippen LogP contribution in [0.25, 0.3) is 0 Å². The predicted molar refractivity (Wildman–Crippen MR) is 45.1 cm³/mol. The van der Waals surface area contributed by atoms with E-state index in [0.717, 1.165) is 6.04 Å². The van der Waals surface area contributed by atoms with Crippen LogP contribution in [0.15, 0.2) is 12.2 Å². The van der Waals surface area contributed by atoms with Gasteiger partial charge in [0.1, 0.15) is 0 Å². The van der Waals surface area contributed by atoms with Crippen molar-refractivity contribution >= 4 is 0 Å². The Morgan fingerprint density at radius 1 is 1.40 bits per heavy atom. The summed E-state index contributed by atoms with van der Waals surface area (Å²) in [6.45, 7) is 4.34. The van der Waals surface area contributed by atoms with Crippen LogP contribution < -0.4 is 5.32 Å². The molecule has 0 saturated carbocycles. The summed E-state index contributed by atoms with van der Waals surface area (Å²) in [5.74, 6) is 0. The molecule has 1 fully saturated rings. The van der Waals surface area contributed by atoms with Crippen molar-refractivity contribution in [3.63, 3.8) is 0 Å². The zero-order valence-corrected chi connectivity index (χ0v) is 6.93. The molecular formula is C9H17N. The Morgan fingerprint density at radius 3 is 2.80 bits per heavy atom. The second-order valence-electron chi connectivity index (χ2n) is 3.13. The molecule has 0 bridgehead atoms. The summed E-state index contributed by atoms with van der Waals surface area (Å²) in [5, 5.41) is 3.53. The van der Waals surface area contributed by atoms with Crippen LogP contribution in [0.1, 0.15) is 33.1 Å². The van der Waals surface area contributed by atoms with Crippen molar-refractivity contribution in [1.29, 1.82) is 0 Å². The van der Waals surface area contributed by atoms with Crippen LogP contribution >= 0.6 is 0 Å². The summed E-state index contributed by atoms with van der Waals surface area (Å²) >= 11 is 0. The Morgan fingerprint density at radius 2 is 2.20 bits per heavy atom. The van der Waals surface area contributed by atoms with Gasteiger partial charge in [-0.2, -0.15) is 0 Å². The lowest BCUT2D eigenvalue weighted by Crippen LogP contribution is -2.39. The topological polar surface area (TPSA) is 12.0 Å². The highest BCUT2D eigenvalue weighted by Gasteiger charge is 2.13. The van der Waals surface area contributed by atoms with Crippen LogP contribution in [-0.2, 0) is 0 Å². The van der Waals surface area contributed by atoms with E-state index in [0.29, 0.717) is 6.04 Å². The molecule has 1 aliphatic rings. The zero-order chi connectivity index (χ0) is 7.40. The van der Waals surface area contributed by atoms with Crippen LogP contribution in [0.3, 0.4) is 0 Å². The molecular weight excluding hydrogens is 122 g/mol. The second-order valence-corrected chi connectivity index (χ2v) is 3.13. The number of rotatable bonds is 1. The Balaban J connectivity index is 2.32. The molecule has 2 atom stereocenters. The van der Waals surface area contributed by atoms with Crippen molar-refractivity contribution in [3.05, 3.63) is 12.2 Å². The van der Waals surface area contributed by atoms with E-state index in [4.69, 9.17) is 0 Å². The molecule has 10 heavy (non-hydrogen) atoms. The van der Waals surface area contributed by atoms with Crippen molar-refractivity contribution in [3.8, 4) is 0 Å². The third-order valence-electron chi connectivity index (χ3n) is 2.08. The number of nitrogens with one attached hydrogen (secondary N) is 1. The molecule has 1 saturated heterocycles. The second kappa shape index (κ2) is 3.77. The smallest absolute Gasteiger partial charge is 0.0252 e. The molecule has 1 heterocycles. The molecule has 1 heteroatoms. The van der Waals surface area contributed by atoms with Gasteiger partial charge in [-0.15, -0.1) is 0 Å². The van der Waals surface area contributed by atoms with E-state index in [2.05, 4.69) is 31.3 Å². The average molecular weight is 139 g/mol. The number of piperidine rings is 1. The molecule has 0 amide bonds. The van der Waals surface area contributed by atoms with Gasteiger partial charge in [0.25, 0.3) is 0 Å². The third-order valence-corrected chi connectivity index (χ3v) is 2.08. The first-order valence-electron chi connectivity index (χ1n) is 4.22. The summed E-state index contributed by atoms with van der Waals surface area (Å²) < 4.78 is 0. The van der Waals surface area contributed by atoms with Gasteiger partial charge in [-0.3, -0.25) is 0 Å². The molecule has 0 aromatic heterocycles. The molecule has 0 radical (unpaired) electrons. The molecule has 0 aromatic rings. The molecule has 0 aliphatic carbocycles. The van der Waals surface area contributed by atoms with Gasteiger partial charge in [-0.1, -0.05) is 18.6 Å². The van der Waals surface area contributed by atoms with E-state index in [9.17, 15) is 0 Å². The maximum absolute atomic E-state index is 3.53. The summed E-state index contributed by atoms with van der Waals surface area (Å²) in [5.41, 5.74) is 0. The predicted octanol–water partition coefficient (Wildman–Crippen LogP) is 2.09. The van der Waals surface area contributed by atoms with Crippen molar-refractivity contribution in [2.24, 2.45) is 0 Å². The van der Waals surface area contributed by atoms with Gasteiger partial charge in [-0.05, 0) is 26.7 Å². The van der Waals surface area contributed by atoms with Gasteiger partial charge in [0.2, 0.25) is 0 Å². The SMILES string of the molecule is C/C=C/[C@@H]1CCC[C@@H](C)N1. The molecule has 1 N–H and O–H groups in total. The average Bonchev–Trinajstić information content (AvgIpc) is 1.88. The van der Waals surface area contributed by atoms with Crippen molar-refractivity contribution in [1.82, 2.24) is 5.32 Å². The zero-order valence-electron chi connectivity index (χ0n) is 6.93. The van der Waals surface area contributed by atoms with E-state index < -0.39 is 0 Å². The maximum atomic E-state index is 3.53. The highest BCUT2D eigenvalue weighted by Crippen LogP contribution is 2.12. The van der Waals surface area contributed by atoms with Gasteiger partial charge in [0.05, 0.1) is 0 Å². The monoisotopic (exact) mass is 139 g/mol. The summed E-state index contributed by atoms with van der Waals surface area (Å²) in [7, 11) is 0. The molecule has 0 aromatic carbocycles. The Kier molecular flexibility index (Phi) is 2.94. The lowest BCUT2D eigenvalue weighted by Gasteiger charge is -2.26. The standard InChI is InChI=1S/C9H17N/c1-3-5-9-7-4-6-8(2)10-9/h3,5,8-10H,4,6-7H2,1-2H3/b5-3+/t8-,9-/m1/s1. The first-order valence-corrected chi connectivity index (χ1v) is 4.22. The Bertz CT molecular complexity index is 118. The van der Waals surface area contributed by atoms with Gasteiger partial charge in [-0.25, -0.2) is 0 Å². The van der Waals surface area contributed by atoms with Gasteiger partial charge in [0.15, 0.2) is 0 Å². The van der Waals surface area contributed by atoms with Crippen LogP contribution in [0.5, 0.6) is 0 Å². The minimum atomic E-state index is 0.647. The number of allylic oxidation sites excluding steroid dienone is 1. The van der Waals surface area contributed by atoms with Gasteiger partial charge in [0, 0.05) is 12.1 Å². The Hall–Kier alpha value is -0.300. The molecule has 1 aliphatic heterocycles. The minimum absolute atomic E-state index is 0.647. The fraction of sp³-hybridized carbons (Fsp3) is 0.778. The van der Waals surface area contributed by atoms with E-state index in [1.165, 1.54) is 19.3 Å². The quantitative estimate of drug-likeness (QED) is 0.548. The normalized spacial score (nSPS) is 35.0. The molecule has 0 spiro atoms.